The predicted molar refractivity (Wildman–Crippen MR) is 372 cm³/mol. The number of benzene rings is 6. The number of amides is 4. The first-order chi connectivity index (χ1) is 48.3. The van der Waals surface area contributed by atoms with Crippen molar-refractivity contribution in [2.24, 2.45) is 11.5 Å². The van der Waals surface area contributed by atoms with E-state index >= 15 is 0 Å². The second kappa shape index (κ2) is 43.7. The van der Waals surface area contributed by atoms with Gasteiger partial charge in [0.05, 0.1) is 22.3 Å². The minimum Gasteiger partial charge on any atom is -0.507 e. The highest BCUT2D eigenvalue weighted by atomic mass is 16.6. The Morgan fingerprint density at radius 2 is 0.745 bits per heavy atom. The summed E-state index contributed by atoms with van der Waals surface area (Å²) in [6.07, 6.45) is 5.12. The van der Waals surface area contributed by atoms with Crippen molar-refractivity contribution < 1.29 is 112 Å². The highest BCUT2D eigenvalue weighted by Crippen LogP contribution is 2.29. The number of carbonyl (C=O) groups is 11. The Balaban J connectivity index is 0.000000368. The summed E-state index contributed by atoms with van der Waals surface area (Å²) < 4.78 is 26.8. The molecule has 6 aromatic carbocycles. The highest BCUT2D eigenvalue weighted by molar-refractivity contribution is 5.97. The lowest BCUT2D eigenvalue weighted by Gasteiger charge is -2.19. The van der Waals surface area contributed by atoms with Crippen molar-refractivity contribution in [1.82, 2.24) is 21.3 Å². The number of carbonyl (C=O) groups excluding carboxylic acids is 7. The molecule has 550 valence electrons. The molecule has 0 aliphatic rings. The van der Waals surface area contributed by atoms with Gasteiger partial charge in [-0.15, -0.1) is 0 Å². The van der Waals surface area contributed by atoms with Crippen LogP contribution in [-0.4, -0.2) is 151 Å². The van der Waals surface area contributed by atoms with E-state index < -0.39 is 77.2 Å². The molecule has 0 fully saturated rings. The zero-order valence-corrected chi connectivity index (χ0v) is 57.5. The lowest BCUT2D eigenvalue weighted by Crippen LogP contribution is -2.40. The van der Waals surface area contributed by atoms with Gasteiger partial charge in [0.15, 0.2) is 18.9 Å². The van der Waals surface area contributed by atoms with E-state index in [1.54, 1.807) is 139 Å². The molecule has 4 amide bonds. The molecular formula is C73H90N6O23. The molecule has 29 heteroatoms. The summed E-state index contributed by atoms with van der Waals surface area (Å²) in [5.74, 6) is -4.94. The SMILES string of the molecule is CC(C)(C)OC(=O)NCCCC[C@H](N)C(=O)O.CC(C)(C)OC(=O)NCCCC[C@H](NC(=O)c1ccc(COc2cccc(O)c2C=O)cc1)C(=O)O.NCCCC[C@H](NC(=O)c1ccc(COc2cccc(O)c2C=O)cc1)C(=O)O.O=Cc1c(O)cccc1OCc1ccc(C(=O)O)cc1. The molecule has 6 aromatic rings. The second-order valence-corrected chi connectivity index (χ2v) is 24.5. The molecule has 29 nitrogen and oxygen atoms in total. The first-order valence-corrected chi connectivity index (χ1v) is 32.2. The molecule has 0 bridgehead atoms. The minimum atomic E-state index is -1.15. The standard InChI is InChI=1S/C26H32N2O8.C21H24N2O6.C15H12O5.C11H22N2O4/c1-26(2,3)36-25(34)27-14-5-4-7-20(24(32)33)28-23(31)18-12-10-17(11-13-18)16-35-22-9-6-8-21(30)19(22)15-29;22-11-2-1-4-17(21(27)28)23-20(26)15-9-7-14(8-10-15)13-29-19-6-3-5-18(25)16(19)12-24;16-8-12-13(17)2-1-3-14(12)20-9-10-4-6-11(7-5-10)15(18)19;1-11(2,3)17-10(16)13-7-5-4-6-8(12)9(14)15/h6,8-13,15,20,30H,4-5,7,14,16H2,1-3H3,(H,27,34)(H,28,31)(H,32,33);3,5-10,12,17,25H,1-2,4,11,13,22H2,(H,23,26)(H,27,28);1-8,17H,9H2,(H,18,19);8H,4-7,12H2,1-3H3,(H,13,16)(H,14,15)/t20-;17-;;8-/m00.0/s1. The number of ether oxygens (including phenoxy) is 5. The number of aldehydes is 3. The van der Waals surface area contributed by atoms with Crippen LogP contribution in [0, 0.1) is 0 Å². The van der Waals surface area contributed by atoms with Crippen molar-refractivity contribution in [3.8, 4) is 34.5 Å². The molecule has 0 aromatic heterocycles. The Bertz CT molecular complexity index is 3720. The number of phenols is 3. The number of phenolic OH excluding ortho intramolecular Hbond substituents is 3. The van der Waals surface area contributed by atoms with Gasteiger partial charge in [-0.2, -0.15) is 0 Å². The Hall–Kier alpha value is -11.6. The number of rotatable bonds is 34. The maximum absolute atomic E-state index is 12.5. The number of hydrogen-bond acceptors (Lipinski definition) is 21. The van der Waals surface area contributed by atoms with Crippen LogP contribution in [0.5, 0.6) is 34.5 Å². The molecule has 0 aliphatic carbocycles. The van der Waals surface area contributed by atoms with Crippen LogP contribution < -0.4 is 46.9 Å². The van der Waals surface area contributed by atoms with Crippen molar-refractivity contribution in [1.29, 1.82) is 0 Å². The minimum absolute atomic E-state index is 0.0498. The third kappa shape index (κ3) is 32.4. The van der Waals surface area contributed by atoms with Gasteiger partial charge >= 0.3 is 36.1 Å². The molecule has 0 saturated heterocycles. The average Bonchev–Trinajstić information content (AvgIpc) is 0.863. The van der Waals surface area contributed by atoms with Crippen LogP contribution >= 0.6 is 0 Å². The van der Waals surface area contributed by atoms with E-state index in [1.165, 1.54) is 30.3 Å². The van der Waals surface area contributed by atoms with Gasteiger partial charge in [0.2, 0.25) is 0 Å². The Labute approximate surface area is 589 Å². The van der Waals surface area contributed by atoms with Gasteiger partial charge in [-0.3, -0.25) is 28.8 Å². The van der Waals surface area contributed by atoms with E-state index in [4.69, 9.17) is 45.4 Å². The summed E-state index contributed by atoms with van der Waals surface area (Å²) in [6.45, 7) is 12.3. The van der Waals surface area contributed by atoms with E-state index in [-0.39, 0.29) is 88.6 Å². The van der Waals surface area contributed by atoms with Gasteiger partial charge in [0.25, 0.3) is 11.8 Å². The molecule has 0 saturated carbocycles. The summed E-state index contributed by atoms with van der Waals surface area (Å²) >= 11 is 0. The fourth-order valence-electron chi connectivity index (χ4n) is 8.65. The van der Waals surface area contributed by atoms with E-state index in [0.29, 0.717) is 101 Å². The van der Waals surface area contributed by atoms with E-state index in [2.05, 4.69) is 21.3 Å². The zero-order valence-electron chi connectivity index (χ0n) is 57.5. The topological polar surface area (TPSA) is 476 Å². The smallest absolute Gasteiger partial charge is 0.407 e. The third-order valence-electron chi connectivity index (χ3n) is 14.0. The number of aromatic hydroxyl groups is 3. The Morgan fingerprint density at radius 1 is 0.431 bits per heavy atom. The Kier molecular flexibility index (Phi) is 36.3. The van der Waals surface area contributed by atoms with Crippen LogP contribution in [0.25, 0.3) is 0 Å². The van der Waals surface area contributed by atoms with Gasteiger partial charge in [-0.25, -0.2) is 24.0 Å². The van der Waals surface area contributed by atoms with E-state index in [1.807, 2.05) is 0 Å². The number of aromatic carboxylic acids is 1. The van der Waals surface area contributed by atoms with Crippen molar-refractivity contribution in [2.75, 3.05) is 19.6 Å². The first-order valence-electron chi connectivity index (χ1n) is 32.2. The fraction of sp³-hybridized carbons (Fsp3) is 0.356. The number of carboxylic acid groups (broad SMARTS) is 4. The van der Waals surface area contributed by atoms with Crippen LogP contribution in [0.2, 0.25) is 0 Å². The molecule has 6 rings (SSSR count). The van der Waals surface area contributed by atoms with Crippen LogP contribution in [0.3, 0.4) is 0 Å². The maximum atomic E-state index is 12.5. The average molecular weight is 1420 g/mol. The summed E-state index contributed by atoms with van der Waals surface area (Å²) in [5.41, 5.74) is 12.8. The van der Waals surface area contributed by atoms with Gasteiger partial charge in [0.1, 0.15) is 83.6 Å². The zero-order chi connectivity index (χ0) is 76.0. The number of carboxylic acids is 4. The lowest BCUT2D eigenvalue weighted by atomic mass is 10.1. The monoisotopic (exact) mass is 1420 g/mol. The lowest BCUT2D eigenvalue weighted by molar-refractivity contribution is -0.140. The van der Waals surface area contributed by atoms with Gasteiger partial charge < -0.3 is 92.2 Å². The Morgan fingerprint density at radius 3 is 1.03 bits per heavy atom. The molecule has 0 unspecified atom stereocenters. The predicted octanol–water partition coefficient (Wildman–Crippen LogP) is 9.33. The fourth-order valence-corrected chi connectivity index (χ4v) is 8.65. The van der Waals surface area contributed by atoms with Gasteiger partial charge in [-0.1, -0.05) is 54.6 Å². The normalized spacial score (nSPS) is 11.5. The van der Waals surface area contributed by atoms with Crippen molar-refractivity contribution >= 4 is 66.7 Å². The van der Waals surface area contributed by atoms with Crippen molar-refractivity contribution in [3.05, 3.63) is 177 Å². The van der Waals surface area contributed by atoms with Crippen molar-refractivity contribution in [2.45, 2.75) is 148 Å². The van der Waals surface area contributed by atoms with E-state index in [0.717, 1.165) is 11.1 Å². The first kappa shape index (κ1) is 84.6. The molecular weight excluding hydrogens is 1330 g/mol. The van der Waals surface area contributed by atoms with Crippen LogP contribution in [0.1, 0.15) is 178 Å². The van der Waals surface area contributed by atoms with Gasteiger partial charge in [-0.05, 0) is 195 Å². The van der Waals surface area contributed by atoms with Crippen molar-refractivity contribution in [3.63, 3.8) is 0 Å². The molecule has 0 heterocycles. The molecule has 15 N–H and O–H groups in total. The number of unbranched alkanes of at least 4 members (excludes halogenated alkanes) is 3. The summed E-state index contributed by atoms with van der Waals surface area (Å²) in [7, 11) is 0. The maximum Gasteiger partial charge on any atom is 0.407 e. The third-order valence-corrected chi connectivity index (χ3v) is 14.0. The second-order valence-electron chi connectivity index (χ2n) is 24.5. The summed E-state index contributed by atoms with van der Waals surface area (Å²) in [5, 5.41) is 75.2. The number of nitrogens with two attached hydrogens (primary N) is 2. The van der Waals surface area contributed by atoms with Gasteiger partial charge in [0, 0.05) is 24.2 Å². The van der Waals surface area contributed by atoms with Crippen LogP contribution in [0.4, 0.5) is 9.59 Å². The number of hydrogen-bond donors (Lipinski definition) is 13. The molecule has 102 heavy (non-hydrogen) atoms. The summed E-state index contributed by atoms with van der Waals surface area (Å²) in [6, 6.07) is 29.8. The molecule has 0 aliphatic heterocycles. The van der Waals surface area contributed by atoms with E-state index in [9.17, 15) is 78.3 Å². The quantitative estimate of drug-likeness (QED) is 0.0132. The largest absolute Gasteiger partial charge is 0.507 e. The molecule has 0 radical (unpaired) electrons. The highest BCUT2D eigenvalue weighted by Gasteiger charge is 2.23. The number of nitrogens with one attached hydrogen (secondary N) is 4. The molecule has 3 atom stereocenters. The van der Waals surface area contributed by atoms with Crippen LogP contribution in [-0.2, 0) is 43.7 Å². The summed E-state index contributed by atoms with van der Waals surface area (Å²) in [4.78, 5) is 125. The van der Waals surface area contributed by atoms with Crippen LogP contribution in [0.15, 0.2) is 127 Å². The number of alkyl carbamates (subject to hydrolysis) is 2. The number of aliphatic carboxylic acids is 3. The molecule has 0 spiro atoms.